The van der Waals surface area contributed by atoms with Gasteiger partial charge in [-0.3, -0.25) is 4.79 Å². The Morgan fingerprint density at radius 2 is 1.76 bits per heavy atom. The molecule has 1 amide bonds. The molecule has 4 rings (SSSR count). The van der Waals surface area contributed by atoms with E-state index in [0.29, 0.717) is 18.3 Å². The number of benzene rings is 1. The Balaban J connectivity index is 0.00000204. The van der Waals surface area contributed by atoms with Crippen LogP contribution in [-0.2, 0) is 0 Å². The van der Waals surface area contributed by atoms with E-state index in [-0.39, 0.29) is 48.6 Å². The van der Waals surface area contributed by atoms with Crippen LogP contribution in [0.5, 0.6) is 0 Å². The van der Waals surface area contributed by atoms with Crippen LogP contribution in [0.1, 0.15) is 55.7 Å². The molecule has 1 saturated carbocycles. The molecule has 1 aliphatic carbocycles. The molecule has 34 heavy (non-hydrogen) atoms. The molecule has 184 valence electrons. The van der Waals surface area contributed by atoms with Crippen molar-refractivity contribution in [3.8, 4) is 0 Å². The lowest BCUT2D eigenvalue weighted by atomic mass is 9.90. The highest BCUT2D eigenvalue weighted by molar-refractivity contribution is 5.96. The van der Waals surface area contributed by atoms with Crippen molar-refractivity contribution in [3.63, 3.8) is 0 Å². The zero-order valence-electron chi connectivity index (χ0n) is 19.9. The summed E-state index contributed by atoms with van der Waals surface area (Å²) < 4.78 is 0. The number of fused-ring (bicyclic) bond motifs is 1. The van der Waals surface area contributed by atoms with Crippen molar-refractivity contribution in [3.05, 3.63) is 54.0 Å². The highest BCUT2D eigenvalue weighted by Crippen LogP contribution is 2.28. The minimum Gasteiger partial charge on any atom is -0.365 e. The summed E-state index contributed by atoms with van der Waals surface area (Å²) in [7, 11) is 0. The molecule has 0 unspecified atom stereocenters. The predicted molar refractivity (Wildman–Crippen MR) is 143 cm³/mol. The molecule has 0 spiro atoms. The van der Waals surface area contributed by atoms with Gasteiger partial charge in [-0.25, -0.2) is 15.0 Å². The van der Waals surface area contributed by atoms with Crippen LogP contribution in [0.15, 0.2) is 42.6 Å². The number of amides is 1. The Morgan fingerprint density at radius 1 is 1.03 bits per heavy atom. The lowest BCUT2D eigenvalue weighted by molar-refractivity contribution is 0.0939. The number of hydrogen-bond donors (Lipinski definition) is 3. The molecule has 0 aliphatic heterocycles. The maximum absolute atomic E-state index is 12.7. The number of halogens is 2. The summed E-state index contributed by atoms with van der Waals surface area (Å²) in [6.07, 6.45) is 6.21. The molecule has 2 atom stereocenters. The summed E-state index contributed by atoms with van der Waals surface area (Å²) in [4.78, 5) is 26.4. The minimum absolute atomic E-state index is 0. The van der Waals surface area contributed by atoms with Crippen LogP contribution in [0.25, 0.3) is 10.9 Å². The molecular weight excluding hydrogens is 471 g/mol. The van der Waals surface area contributed by atoms with Crippen molar-refractivity contribution in [1.82, 2.24) is 20.3 Å². The number of nitrogens with one attached hydrogen (secondary N) is 3. The molecule has 1 aliphatic rings. The molecule has 1 aromatic carbocycles. The molecular formula is C25H34Cl2N6O. The van der Waals surface area contributed by atoms with Gasteiger partial charge in [0.2, 0.25) is 5.82 Å². The smallest absolute Gasteiger partial charge is 0.289 e. The summed E-state index contributed by atoms with van der Waals surface area (Å²) in [6.45, 7) is 6.78. The molecule has 7 nitrogen and oxygen atoms in total. The normalized spacial score (nSPS) is 17.4. The first-order valence-corrected chi connectivity index (χ1v) is 11.5. The molecule has 2 aromatic heterocycles. The first kappa shape index (κ1) is 27.6. The number of carbonyl (C=O) groups excluding carboxylic acids is 1. The van der Waals surface area contributed by atoms with E-state index >= 15 is 0 Å². The van der Waals surface area contributed by atoms with E-state index in [1.807, 2.05) is 30.3 Å². The third-order valence-corrected chi connectivity index (χ3v) is 5.81. The second-order valence-electron chi connectivity index (χ2n) is 9.02. The van der Waals surface area contributed by atoms with Crippen LogP contribution < -0.4 is 16.0 Å². The summed E-state index contributed by atoms with van der Waals surface area (Å²) in [6, 6.07) is 12.4. The van der Waals surface area contributed by atoms with Gasteiger partial charge < -0.3 is 16.0 Å². The summed E-state index contributed by atoms with van der Waals surface area (Å²) >= 11 is 0. The third kappa shape index (κ3) is 6.93. The number of hydrogen-bond acceptors (Lipinski definition) is 6. The Bertz CT molecular complexity index is 1080. The Hall–Kier alpha value is -2.64. The van der Waals surface area contributed by atoms with Gasteiger partial charge in [-0.2, -0.15) is 0 Å². The van der Waals surface area contributed by atoms with Crippen molar-refractivity contribution in [2.24, 2.45) is 5.92 Å². The summed E-state index contributed by atoms with van der Waals surface area (Å²) in [5.74, 6) is 1.92. The molecule has 2 heterocycles. The number of anilines is 2. The number of carbonyl (C=O) groups is 1. The fraction of sp³-hybridized carbons (Fsp3) is 0.440. The number of rotatable bonds is 7. The molecule has 0 bridgehead atoms. The Morgan fingerprint density at radius 3 is 2.44 bits per heavy atom. The van der Waals surface area contributed by atoms with E-state index in [1.165, 1.54) is 6.42 Å². The Labute approximate surface area is 213 Å². The summed E-state index contributed by atoms with van der Waals surface area (Å²) in [5, 5.41) is 11.1. The van der Waals surface area contributed by atoms with Crippen LogP contribution in [0.3, 0.4) is 0 Å². The van der Waals surface area contributed by atoms with Gasteiger partial charge in [0.1, 0.15) is 11.6 Å². The maximum Gasteiger partial charge on any atom is 0.289 e. The molecule has 3 N–H and O–H groups in total. The average Bonchev–Trinajstić information content (AvgIpc) is 2.79. The van der Waals surface area contributed by atoms with Crippen LogP contribution in [0.2, 0.25) is 0 Å². The standard InChI is InChI=1S/C25H32N6O.2ClH/c1-16(2)15-27-25(32)24-29-19-12-11-17(3)14-18(19)23(31-24)30-21-9-5-4-8-20(21)28-22-10-6-7-13-26-22;;/h6-7,10-14,16,20-21H,4-5,8-9,15H2,1-3H3,(H,26,28)(H,27,32)(H,29,30,31);2*1H/t20-,21+;;/m1../s1. The van der Waals surface area contributed by atoms with Gasteiger partial charge in [-0.15, -0.1) is 24.8 Å². The van der Waals surface area contributed by atoms with Gasteiger partial charge in [-0.05, 0) is 49.9 Å². The largest absolute Gasteiger partial charge is 0.365 e. The maximum atomic E-state index is 12.7. The lowest BCUT2D eigenvalue weighted by Crippen LogP contribution is -2.42. The van der Waals surface area contributed by atoms with Gasteiger partial charge in [0, 0.05) is 30.2 Å². The average molecular weight is 505 g/mol. The molecule has 0 radical (unpaired) electrons. The topological polar surface area (TPSA) is 91.8 Å². The quantitative estimate of drug-likeness (QED) is 0.399. The first-order valence-electron chi connectivity index (χ1n) is 11.5. The van der Waals surface area contributed by atoms with Gasteiger partial charge in [0.05, 0.1) is 5.52 Å². The van der Waals surface area contributed by atoms with E-state index in [2.05, 4.69) is 57.7 Å². The van der Waals surface area contributed by atoms with Crippen molar-refractivity contribution in [1.29, 1.82) is 0 Å². The van der Waals surface area contributed by atoms with Crippen LogP contribution in [0.4, 0.5) is 11.6 Å². The minimum atomic E-state index is -0.240. The van der Waals surface area contributed by atoms with E-state index in [9.17, 15) is 4.79 Å². The fourth-order valence-corrected chi connectivity index (χ4v) is 4.12. The van der Waals surface area contributed by atoms with E-state index in [4.69, 9.17) is 0 Å². The van der Waals surface area contributed by atoms with Gasteiger partial charge >= 0.3 is 0 Å². The van der Waals surface area contributed by atoms with Gasteiger partial charge in [0.15, 0.2) is 0 Å². The molecule has 3 aromatic rings. The van der Waals surface area contributed by atoms with Gasteiger partial charge in [-0.1, -0.05) is 44.4 Å². The second kappa shape index (κ2) is 12.7. The van der Waals surface area contributed by atoms with Crippen molar-refractivity contribution in [2.45, 2.75) is 58.5 Å². The van der Waals surface area contributed by atoms with E-state index in [0.717, 1.165) is 41.5 Å². The number of aromatic nitrogens is 3. The van der Waals surface area contributed by atoms with Crippen LogP contribution in [-0.4, -0.2) is 39.5 Å². The van der Waals surface area contributed by atoms with Crippen LogP contribution >= 0.6 is 24.8 Å². The second-order valence-corrected chi connectivity index (χ2v) is 9.02. The highest BCUT2D eigenvalue weighted by atomic mass is 35.5. The fourth-order valence-electron chi connectivity index (χ4n) is 4.12. The molecule has 1 fully saturated rings. The van der Waals surface area contributed by atoms with E-state index in [1.54, 1.807) is 6.20 Å². The van der Waals surface area contributed by atoms with Gasteiger partial charge in [0.25, 0.3) is 5.91 Å². The first-order chi connectivity index (χ1) is 15.5. The highest BCUT2D eigenvalue weighted by Gasteiger charge is 2.27. The third-order valence-electron chi connectivity index (χ3n) is 5.81. The molecule has 9 heteroatoms. The lowest BCUT2D eigenvalue weighted by Gasteiger charge is -2.33. The number of nitrogens with zero attached hydrogens (tertiary/aromatic N) is 3. The SMILES string of the molecule is Cc1ccc2nc(C(=O)NCC(C)C)nc(N[C@H]3CCCC[C@H]3Nc3ccccn3)c2c1.Cl.Cl. The Kier molecular flexibility index (Phi) is 10.3. The molecule has 0 saturated heterocycles. The van der Waals surface area contributed by atoms with Crippen molar-refractivity contribution in [2.75, 3.05) is 17.2 Å². The number of aryl methyl sites for hydroxylation is 1. The van der Waals surface area contributed by atoms with Crippen molar-refractivity contribution >= 4 is 53.3 Å². The zero-order valence-corrected chi connectivity index (χ0v) is 21.5. The predicted octanol–water partition coefficient (Wildman–Crippen LogP) is 5.40. The monoisotopic (exact) mass is 504 g/mol. The summed E-state index contributed by atoms with van der Waals surface area (Å²) in [5.41, 5.74) is 1.90. The van der Waals surface area contributed by atoms with Crippen LogP contribution in [0, 0.1) is 12.8 Å². The zero-order chi connectivity index (χ0) is 22.5. The number of pyridine rings is 1. The van der Waals surface area contributed by atoms with Crippen molar-refractivity contribution < 1.29 is 4.79 Å². The van der Waals surface area contributed by atoms with E-state index < -0.39 is 0 Å².